The highest BCUT2D eigenvalue weighted by atomic mass is 32.1. The second-order valence-electron chi connectivity index (χ2n) is 4.13. The van der Waals surface area contributed by atoms with Crippen molar-refractivity contribution < 1.29 is 0 Å². The first kappa shape index (κ1) is 11.1. The lowest BCUT2D eigenvalue weighted by molar-refractivity contribution is 0.260. The van der Waals surface area contributed by atoms with E-state index in [9.17, 15) is 0 Å². The summed E-state index contributed by atoms with van der Waals surface area (Å²) in [4.78, 5) is 4.03. The molecule has 1 aromatic rings. The summed E-state index contributed by atoms with van der Waals surface area (Å²) in [6.45, 7) is 6.93. The van der Waals surface area contributed by atoms with E-state index in [1.165, 1.54) is 30.8 Å². The largest absolute Gasteiger partial charge is 0.310 e. The van der Waals surface area contributed by atoms with E-state index in [0.29, 0.717) is 0 Å². The molecule has 1 aliphatic rings. The molecule has 3 heteroatoms. The zero-order valence-corrected chi connectivity index (χ0v) is 10.2. The summed E-state index contributed by atoms with van der Waals surface area (Å²) in [5, 5.41) is 5.71. The van der Waals surface area contributed by atoms with Gasteiger partial charge >= 0.3 is 0 Å². The fourth-order valence-corrected chi connectivity index (χ4v) is 2.99. The van der Waals surface area contributed by atoms with Gasteiger partial charge in [-0.2, -0.15) is 0 Å². The first-order valence-corrected chi connectivity index (χ1v) is 6.75. The van der Waals surface area contributed by atoms with Crippen molar-refractivity contribution in [3.63, 3.8) is 0 Å². The highest BCUT2D eigenvalue weighted by molar-refractivity contribution is 7.09. The van der Waals surface area contributed by atoms with E-state index in [1.54, 1.807) is 0 Å². The van der Waals surface area contributed by atoms with Crippen LogP contribution in [0.5, 0.6) is 0 Å². The van der Waals surface area contributed by atoms with Crippen molar-refractivity contribution in [2.75, 3.05) is 19.6 Å². The van der Waals surface area contributed by atoms with Crippen LogP contribution < -0.4 is 5.32 Å². The van der Waals surface area contributed by atoms with E-state index in [0.717, 1.165) is 19.1 Å². The minimum Gasteiger partial charge on any atom is -0.310 e. The molecule has 0 radical (unpaired) electrons. The minimum absolute atomic E-state index is 0.773. The van der Waals surface area contributed by atoms with Gasteiger partial charge in [0.15, 0.2) is 0 Å². The van der Waals surface area contributed by atoms with Crippen LogP contribution in [0.2, 0.25) is 0 Å². The third-order valence-electron chi connectivity index (χ3n) is 3.16. The maximum Gasteiger partial charge on any atom is 0.0300 e. The number of thiophene rings is 1. The molecule has 0 aliphatic carbocycles. The number of hydrogen-bond donors (Lipinski definition) is 1. The Balaban J connectivity index is 1.69. The molecule has 1 N–H and O–H groups in total. The van der Waals surface area contributed by atoms with Gasteiger partial charge in [-0.15, -0.1) is 11.3 Å². The van der Waals surface area contributed by atoms with E-state index in [1.807, 2.05) is 11.3 Å². The molecule has 0 spiro atoms. The summed E-state index contributed by atoms with van der Waals surface area (Å²) in [6.07, 6.45) is 2.74. The van der Waals surface area contributed by atoms with Gasteiger partial charge in [0, 0.05) is 24.0 Å². The average molecular weight is 224 g/mol. The minimum atomic E-state index is 0.773. The molecular weight excluding hydrogens is 204 g/mol. The van der Waals surface area contributed by atoms with E-state index >= 15 is 0 Å². The van der Waals surface area contributed by atoms with Crippen LogP contribution in [0, 0.1) is 0 Å². The predicted molar refractivity (Wildman–Crippen MR) is 66.3 cm³/mol. The van der Waals surface area contributed by atoms with E-state index in [4.69, 9.17) is 0 Å². The summed E-state index contributed by atoms with van der Waals surface area (Å²) in [5.41, 5.74) is 0. The number of nitrogens with zero attached hydrogens (tertiary/aromatic N) is 1. The van der Waals surface area contributed by atoms with Crippen LogP contribution in [0.25, 0.3) is 0 Å². The van der Waals surface area contributed by atoms with Crippen LogP contribution in [0.15, 0.2) is 17.5 Å². The zero-order valence-electron chi connectivity index (χ0n) is 9.41. The first-order chi connectivity index (χ1) is 7.40. The molecule has 1 saturated heterocycles. The van der Waals surface area contributed by atoms with Gasteiger partial charge in [0.25, 0.3) is 0 Å². The maximum absolute atomic E-state index is 3.56. The van der Waals surface area contributed by atoms with Gasteiger partial charge in [-0.05, 0) is 37.4 Å². The van der Waals surface area contributed by atoms with Gasteiger partial charge in [0.2, 0.25) is 0 Å². The van der Waals surface area contributed by atoms with Gasteiger partial charge < -0.3 is 5.32 Å². The van der Waals surface area contributed by atoms with E-state index in [-0.39, 0.29) is 0 Å². The van der Waals surface area contributed by atoms with Crippen LogP contribution in [0.1, 0.15) is 24.6 Å². The van der Waals surface area contributed by atoms with Crippen LogP contribution in [0.3, 0.4) is 0 Å². The summed E-state index contributed by atoms with van der Waals surface area (Å²) in [7, 11) is 0. The van der Waals surface area contributed by atoms with Gasteiger partial charge in [-0.1, -0.05) is 13.0 Å². The summed E-state index contributed by atoms with van der Waals surface area (Å²) >= 11 is 1.84. The van der Waals surface area contributed by atoms with Gasteiger partial charge in [-0.25, -0.2) is 0 Å². The van der Waals surface area contributed by atoms with Crippen molar-refractivity contribution in [1.29, 1.82) is 0 Å². The molecule has 0 aromatic carbocycles. The van der Waals surface area contributed by atoms with Crippen molar-refractivity contribution in [1.82, 2.24) is 10.2 Å². The Hall–Kier alpha value is -0.380. The molecule has 15 heavy (non-hydrogen) atoms. The van der Waals surface area contributed by atoms with Crippen LogP contribution in [0.4, 0.5) is 0 Å². The number of likely N-dealkylation sites (N-methyl/N-ethyl adjacent to an activating group) is 1. The number of hydrogen-bond acceptors (Lipinski definition) is 3. The van der Waals surface area contributed by atoms with Crippen molar-refractivity contribution in [2.24, 2.45) is 0 Å². The van der Waals surface area contributed by atoms with Gasteiger partial charge in [0.05, 0.1) is 0 Å². The quantitative estimate of drug-likeness (QED) is 0.826. The summed E-state index contributed by atoms with van der Waals surface area (Å²) < 4.78 is 0. The topological polar surface area (TPSA) is 15.3 Å². The monoisotopic (exact) mass is 224 g/mol. The fraction of sp³-hybridized carbons (Fsp3) is 0.667. The molecule has 84 valence electrons. The van der Waals surface area contributed by atoms with Crippen molar-refractivity contribution in [3.05, 3.63) is 22.4 Å². The summed E-state index contributed by atoms with van der Waals surface area (Å²) in [6, 6.07) is 5.09. The fourth-order valence-electron chi connectivity index (χ4n) is 2.32. The molecule has 1 unspecified atom stereocenters. The smallest absolute Gasteiger partial charge is 0.0300 e. The molecule has 2 nitrogen and oxygen atoms in total. The molecule has 0 bridgehead atoms. The lowest BCUT2D eigenvalue weighted by atomic mass is 10.2. The normalized spacial score (nSPS) is 22.3. The number of rotatable bonds is 5. The Morgan fingerprint density at radius 2 is 2.53 bits per heavy atom. The first-order valence-electron chi connectivity index (χ1n) is 5.87. The molecule has 0 saturated carbocycles. The highest BCUT2D eigenvalue weighted by Crippen LogP contribution is 2.16. The molecule has 1 fully saturated rings. The van der Waals surface area contributed by atoms with Gasteiger partial charge in [-0.3, -0.25) is 4.90 Å². The Labute approximate surface area is 96.3 Å². The predicted octanol–water partition coefficient (Wildman–Crippen LogP) is 2.32. The maximum atomic E-state index is 3.56. The molecule has 2 heterocycles. The van der Waals surface area contributed by atoms with Crippen LogP contribution in [-0.2, 0) is 6.54 Å². The Kier molecular flexibility index (Phi) is 4.18. The molecule has 1 atom stereocenters. The lowest BCUT2D eigenvalue weighted by Crippen LogP contribution is -2.37. The third kappa shape index (κ3) is 3.03. The van der Waals surface area contributed by atoms with Crippen LogP contribution in [-0.4, -0.2) is 30.6 Å². The molecule has 1 aliphatic heterocycles. The molecule has 0 amide bonds. The van der Waals surface area contributed by atoms with E-state index in [2.05, 4.69) is 34.7 Å². The van der Waals surface area contributed by atoms with Crippen molar-refractivity contribution in [3.8, 4) is 0 Å². The SMILES string of the molecule is CCN1CCCC1CNCc1cccs1. The molecule has 2 rings (SSSR count). The lowest BCUT2D eigenvalue weighted by Gasteiger charge is -2.22. The Bertz CT molecular complexity index is 271. The van der Waals surface area contributed by atoms with E-state index < -0.39 is 0 Å². The third-order valence-corrected chi connectivity index (χ3v) is 4.04. The second-order valence-corrected chi connectivity index (χ2v) is 5.17. The Morgan fingerprint density at radius 3 is 3.27 bits per heavy atom. The van der Waals surface area contributed by atoms with Crippen molar-refractivity contribution >= 4 is 11.3 Å². The van der Waals surface area contributed by atoms with Gasteiger partial charge in [0.1, 0.15) is 0 Å². The Morgan fingerprint density at radius 1 is 1.60 bits per heavy atom. The average Bonchev–Trinajstić information content (AvgIpc) is 2.88. The number of nitrogens with one attached hydrogen (secondary N) is 1. The second kappa shape index (κ2) is 5.64. The standard InChI is InChI=1S/C12H20N2S/c1-2-14-7-3-5-11(14)9-13-10-12-6-4-8-15-12/h4,6,8,11,13H,2-3,5,7,9-10H2,1H3. The van der Waals surface area contributed by atoms with Crippen molar-refractivity contribution in [2.45, 2.75) is 32.4 Å². The molecular formula is C12H20N2S. The molecule has 1 aromatic heterocycles. The summed E-state index contributed by atoms with van der Waals surface area (Å²) in [5.74, 6) is 0. The zero-order chi connectivity index (χ0) is 10.5. The number of likely N-dealkylation sites (tertiary alicyclic amines) is 1. The van der Waals surface area contributed by atoms with Crippen LogP contribution >= 0.6 is 11.3 Å². The highest BCUT2D eigenvalue weighted by Gasteiger charge is 2.21.